The van der Waals surface area contributed by atoms with Gasteiger partial charge in [0.05, 0.1) is 22.6 Å². The van der Waals surface area contributed by atoms with Crippen molar-refractivity contribution in [3.05, 3.63) is 28.8 Å². The van der Waals surface area contributed by atoms with Crippen LogP contribution in [-0.2, 0) is 4.79 Å². The van der Waals surface area contributed by atoms with Gasteiger partial charge in [0.15, 0.2) is 0 Å². The lowest BCUT2D eigenvalue weighted by molar-refractivity contribution is -0.121. The monoisotopic (exact) mass is 340 g/mol. The van der Waals surface area contributed by atoms with Gasteiger partial charge in [-0.1, -0.05) is 38.3 Å². The molecule has 0 spiro atoms. The van der Waals surface area contributed by atoms with Gasteiger partial charge in [0.1, 0.15) is 0 Å². The summed E-state index contributed by atoms with van der Waals surface area (Å²) >= 11 is 5.98. The molecule has 6 heteroatoms. The number of hydrogen-bond donors (Lipinski definition) is 3. The van der Waals surface area contributed by atoms with Gasteiger partial charge >= 0.3 is 0 Å². The van der Waals surface area contributed by atoms with Crippen molar-refractivity contribution >= 4 is 29.1 Å². The number of amides is 2. The number of nitrogens with one attached hydrogen (secondary N) is 2. The highest BCUT2D eigenvalue weighted by Gasteiger charge is 2.28. The zero-order valence-corrected chi connectivity index (χ0v) is 14.7. The first-order valence-electron chi connectivity index (χ1n) is 7.89. The highest BCUT2D eigenvalue weighted by molar-refractivity contribution is 6.34. The van der Waals surface area contributed by atoms with Gasteiger partial charge in [-0.05, 0) is 31.0 Å². The second-order valence-corrected chi connectivity index (χ2v) is 6.13. The van der Waals surface area contributed by atoms with Crippen LogP contribution in [0.25, 0.3) is 0 Å². The molecule has 1 aromatic carbocycles. The number of benzene rings is 1. The summed E-state index contributed by atoms with van der Waals surface area (Å²) in [4.78, 5) is 23.9. The molecule has 1 rings (SSSR count). The first-order chi connectivity index (χ1) is 10.8. The van der Waals surface area contributed by atoms with Crippen LogP contribution in [0.1, 0.15) is 56.3 Å². The maximum Gasteiger partial charge on any atom is 0.252 e. The molecule has 0 atom stereocenters. The van der Waals surface area contributed by atoms with Crippen molar-refractivity contribution in [2.24, 2.45) is 0 Å². The molecule has 0 saturated heterocycles. The van der Waals surface area contributed by atoms with Crippen molar-refractivity contribution in [1.29, 1.82) is 0 Å². The van der Waals surface area contributed by atoms with E-state index in [2.05, 4.69) is 10.6 Å². The van der Waals surface area contributed by atoms with E-state index in [9.17, 15) is 14.7 Å². The summed E-state index contributed by atoms with van der Waals surface area (Å²) in [6.45, 7) is 3.96. The molecule has 0 unspecified atom stereocenters. The van der Waals surface area contributed by atoms with E-state index in [0.717, 1.165) is 12.8 Å². The standard InChI is InChI=1S/C17H25ClN2O3/c1-4-8-17(23,9-5-2)11-15(21)20-12-6-7-14(18)13(10-12)16(22)19-3/h6-7,10,23H,4-5,8-9,11H2,1-3H3,(H,19,22)(H,20,21). The summed E-state index contributed by atoms with van der Waals surface area (Å²) in [5.74, 6) is -0.598. The maximum atomic E-state index is 12.2. The van der Waals surface area contributed by atoms with Gasteiger partial charge in [0.2, 0.25) is 5.91 Å². The van der Waals surface area contributed by atoms with E-state index in [4.69, 9.17) is 11.6 Å². The average Bonchev–Trinajstić information content (AvgIpc) is 2.48. The van der Waals surface area contributed by atoms with Crippen LogP contribution in [0.3, 0.4) is 0 Å². The van der Waals surface area contributed by atoms with Crippen LogP contribution in [0.2, 0.25) is 5.02 Å². The fourth-order valence-electron chi connectivity index (χ4n) is 2.65. The van der Waals surface area contributed by atoms with E-state index in [-0.39, 0.29) is 18.2 Å². The third kappa shape index (κ3) is 5.84. The Balaban J connectivity index is 2.83. The smallest absolute Gasteiger partial charge is 0.252 e. The summed E-state index contributed by atoms with van der Waals surface area (Å²) in [6, 6.07) is 4.72. The van der Waals surface area contributed by atoms with Gasteiger partial charge in [0.25, 0.3) is 5.91 Å². The SMILES string of the molecule is CCCC(O)(CCC)CC(=O)Nc1ccc(Cl)c(C(=O)NC)c1. The second-order valence-electron chi connectivity index (χ2n) is 5.72. The van der Waals surface area contributed by atoms with Crippen LogP contribution < -0.4 is 10.6 Å². The second kappa shape index (κ2) is 8.89. The van der Waals surface area contributed by atoms with Gasteiger partial charge in [0, 0.05) is 12.7 Å². The quantitative estimate of drug-likeness (QED) is 0.679. The molecule has 0 saturated carbocycles. The Morgan fingerprint density at radius 3 is 2.35 bits per heavy atom. The van der Waals surface area contributed by atoms with Crippen molar-refractivity contribution in [2.75, 3.05) is 12.4 Å². The fraction of sp³-hybridized carbons (Fsp3) is 0.529. The molecule has 0 aromatic heterocycles. The summed E-state index contributed by atoms with van der Waals surface area (Å²) in [5.41, 5.74) is -0.207. The molecule has 0 aliphatic rings. The Bertz CT molecular complexity index is 555. The van der Waals surface area contributed by atoms with Gasteiger partial charge in [-0.25, -0.2) is 0 Å². The zero-order valence-electron chi connectivity index (χ0n) is 13.9. The average molecular weight is 341 g/mol. The summed E-state index contributed by atoms with van der Waals surface area (Å²) in [5, 5.41) is 16.1. The molecule has 23 heavy (non-hydrogen) atoms. The molecule has 0 heterocycles. The third-order valence-electron chi connectivity index (χ3n) is 3.64. The first-order valence-corrected chi connectivity index (χ1v) is 8.27. The lowest BCUT2D eigenvalue weighted by atomic mass is 9.89. The molecule has 128 valence electrons. The van der Waals surface area contributed by atoms with Gasteiger partial charge in [-0.2, -0.15) is 0 Å². The zero-order chi connectivity index (χ0) is 17.5. The maximum absolute atomic E-state index is 12.2. The topological polar surface area (TPSA) is 78.4 Å². The first kappa shape index (κ1) is 19.5. The summed E-state index contributed by atoms with van der Waals surface area (Å²) < 4.78 is 0. The number of rotatable bonds is 8. The Morgan fingerprint density at radius 2 is 1.83 bits per heavy atom. The minimum absolute atomic E-state index is 0.0343. The van der Waals surface area contributed by atoms with Crippen LogP contribution in [0.5, 0.6) is 0 Å². The van der Waals surface area contributed by atoms with Crippen LogP contribution >= 0.6 is 11.6 Å². The van der Waals surface area contributed by atoms with Gasteiger partial charge < -0.3 is 15.7 Å². The summed E-state index contributed by atoms with van der Waals surface area (Å²) in [7, 11) is 1.51. The Labute approximate surface area is 142 Å². The van der Waals surface area contributed by atoms with Crippen LogP contribution in [0, 0.1) is 0 Å². The molecule has 1 aromatic rings. The Morgan fingerprint density at radius 1 is 1.22 bits per heavy atom. The largest absolute Gasteiger partial charge is 0.389 e. The predicted molar refractivity (Wildman–Crippen MR) is 92.9 cm³/mol. The molecule has 0 aliphatic carbocycles. The number of carbonyl (C=O) groups excluding carboxylic acids is 2. The molecule has 2 amide bonds. The van der Waals surface area contributed by atoms with E-state index in [1.165, 1.54) is 13.1 Å². The number of aliphatic hydroxyl groups is 1. The van der Waals surface area contributed by atoms with Crippen LogP contribution in [-0.4, -0.2) is 29.6 Å². The minimum Gasteiger partial charge on any atom is -0.389 e. The van der Waals surface area contributed by atoms with E-state index in [1.54, 1.807) is 12.1 Å². The van der Waals surface area contributed by atoms with E-state index >= 15 is 0 Å². The van der Waals surface area contributed by atoms with Crippen molar-refractivity contribution in [2.45, 2.75) is 51.6 Å². The Kier molecular flexibility index (Phi) is 7.52. The highest BCUT2D eigenvalue weighted by atomic mass is 35.5. The summed E-state index contributed by atoms with van der Waals surface area (Å²) in [6.07, 6.45) is 2.82. The predicted octanol–water partition coefficient (Wildman–Crippen LogP) is 3.36. The van der Waals surface area contributed by atoms with Gasteiger partial charge in [-0.15, -0.1) is 0 Å². The lowest BCUT2D eigenvalue weighted by Gasteiger charge is -2.26. The molecule has 3 N–H and O–H groups in total. The Hall–Kier alpha value is -1.59. The molecular formula is C17H25ClN2O3. The van der Waals surface area contributed by atoms with Crippen molar-refractivity contribution in [3.8, 4) is 0 Å². The van der Waals surface area contributed by atoms with E-state index in [0.29, 0.717) is 29.1 Å². The number of halogens is 1. The van der Waals surface area contributed by atoms with Crippen molar-refractivity contribution < 1.29 is 14.7 Å². The van der Waals surface area contributed by atoms with E-state index < -0.39 is 5.60 Å². The number of hydrogen-bond acceptors (Lipinski definition) is 3. The normalized spacial score (nSPS) is 11.2. The van der Waals surface area contributed by atoms with Crippen LogP contribution in [0.4, 0.5) is 5.69 Å². The van der Waals surface area contributed by atoms with Crippen molar-refractivity contribution in [3.63, 3.8) is 0 Å². The minimum atomic E-state index is -0.983. The number of anilines is 1. The molecule has 0 aliphatic heterocycles. The van der Waals surface area contributed by atoms with Crippen LogP contribution in [0.15, 0.2) is 18.2 Å². The molecule has 0 bridgehead atoms. The molecular weight excluding hydrogens is 316 g/mol. The fourth-order valence-corrected chi connectivity index (χ4v) is 2.85. The third-order valence-corrected chi connectivity index (χ3v) is 3.97. The van der Waals surface area contributed by atoms with E-state index in [1.807, 2.05) is 13.8 Å². The van der Waals surface area contributed by atoms with Gasteiger partial charge in [-0.3, -0.25) is 9.59 Å². The molecule has 5 nitrogen and oxygen atoms in total. The molecule has 0 fully saturated rings. The highest BCUT2D eigenvalue weighted by Crippen LogP contribution is 2.25. The lowest BCUT2D eigenvalue weighted by Crippen LogP contribution is -2.33. The number of carbonyl (C=O) groups is 2. The molecule has 0 radical (unpaired) electrons. The van der Waals surface area contributed by atoms with Crippen molar-refractivity contribution in [1.82, 2.24) is 5.32 Å².